The van der Waals surface area contributed by atoms with Crippen LogP contribution in [0.1, 0.15) is 18.5 Å². The third-order valence-electron chi connectivity index (χ3n) is 3.60. The molecule has 0 aromatic heterocycles. The lowest BCUT2D eigenvalue weighted by Crippen LogP contribution is -2.46. The number of nitrogens with two attached hydrogens (primary N) is 1. The number of rotatable bonds is 5. The van der Waals surface area contributed by atoms with Gasteiger partial charge in [-0.3, -0.25) is 9.69 Å². The Morgan fingerprint density at radius 2 is 2.14 bits per heavy atom. The van der Waals surface area contributed by atoms with Gasteiger partial charge in [-0.15, -0.1) is 12.4 Å². The minimum Gasteiger partial charge on any atom is -0.379 e. The zero-order valence-electron chi connectivity index (χ0n) is 12.6. The topological polar surface area (TPSA) is 67.6 Å². The predicted octanol–water partition coefficient (Wildman–Crippen LogP) is 1.60. The SMILES string of the molecule is CC(N)C(=O)NCC(c1cccc(Cl)c1)N1CCOCC1.Cl. The van der Waals surface area contributed by atoms with Crippen molar-refractivity contribution in [3.8, 4) is 0 Å². The standard InChI is InChI=1S/C15H22ClN3O2.ClH/c1-11(17)15(20)18-10-14(19-5-7-21-8-6-19)12-3-2-4-13(16)9-12;/h2-4,9,11,14H,5-8,10,17H2,1H3,(H,18,20);1H. The summed E-state index contributed by atoms with van der Waals surface area (Å²) < 4.78 is 5.40. The summed E-state index contributed by atoms with van der Waals surface area (Å²) in [5.74, 6) is -0.143. The lowest BCUT2D eigenvalue weighted by molar-refractivity contribution is -0.122. The van der Waals surface area contributed by atoms with Crippen LogP contribution in [0.3, 0.4) is 0 Å². The summed E-state index contributed by atoms with van der Waals surface area (Å²) in [6, 6.07) is 7.33. The smallest absolute Gasteiger partial charge is 0.236 e. The molecule has 7 heteroatoms. The van der Waals surface area contributed by atoms with Gasteiger partial charge in [0.15, 0.2) is 0 Å². The van der Waals surface area contributed by atoms with Gasteiger partial charge < -0.3 is 15.8 Å². The molecule has 0 bridgehead atoms. The molecule has 3 N–H and O–H groups in total. The highest BCUT2D eigenvalue weighted by molar-refractivity contribution is 6.30. The molecule has 0 saturated carbocycles. The minimum absolute atomic E-state index is 0. The number of carbonyl (C=O) groups excluding carboxylic acids is 1. The van der Waals surface area contributed by atoms with Gasteiger partial charge >= 0.3 is 0 Å². The molecule has 2 unspecified atom stereocenters. The summed E-state index contributed by atoms with van der Waals surface area (Å²) in [5.41, 5.74) is 6.69. The average molecular weight is 348 g/mol. The van der Waals surface area contributed by atoms with Crippen molar-refractivity contribution in [3.63, 3.8) is 0 Å². The second kappa shape index (κ2) is 9.33. The number of hydrogen-bond donors (Lipinski definition) is 2. The van der Waals surface area contributed by atoms with E-state index in [4.69, 9.17) is 22.1 Å². The molecule has 22 heavy (non-hydrogen) atoms. The molecule has 0 radical (unpaired) electrons. The zero-order chi connectivity index (χ0) is 15.2. The Balaban J connectivity index is 0.00000242. The monoisotopic (exact) mass is 347 g/mol. The summed E-state index contributed by atoms with van der Waals surface area (Å²) in [6.07, 6.45) is 0. The maximum Gasteiger partial charge on any atom is 0.236 e. The van der Waals surface area contributed by atoms with Gasteiger partial charge in [-0.05, 0) is 24.6 Å². The summed E-state index contributed by atoms with van der Waals surface area (Å²) in [7, 11) is 0. The molecule has 1 fully saturated rings. The largest absolute Gasteiger partial charge is 0.379 e. The van der Waals surface area contributed by atoms with E-state index in [0.717, 1.165) is 18.7 Å². The van der Waals surface area contributed by atoms with E-state index >= 15 is 0 Å². The summed E-state index contributed by atoms with van der Waals surface area (Å²) >= 11 is 6.09. The molecule has 2 atom stereocenters. The lowest BCUT2D eigenvalue weighted by atomic mass is 10.0. The van der Waals surface area contributed by atoms with Crippen molar-refractivity contribution in [1.29, 1.82) is 0 Å². The normalized spacial score (nSPS) is 18.1. The summed E-state index contributed by atoms with van der Waals surface area (Å²) in [5, 5.41) is 3.61. The van der Waals surface area contributed by atoms with E-state index in [1.807, 2.05) is 24.3 Å². The number of amides is 1. The maximum absolute atomic E-state index is 11.7. The summed E-state index contributed by atoms with van der Waals surface area (Å²) in [6.45, 7) is 5.28. The number of nitrogens with one attached hydrogen (secondary N) is 1. The molecule has 1 aliphatic rings. The number of carbonyl (C=O) groups is 1. The van der Waals surface area contributed by atoms with E-state index in [2.05, 4.69) is 10.2 Å². The number of halogens is 2. The van der Waals surface area contributed by atoms with Crippen LogP contribution in [0.2, 0.25) is 5.02 Å². The van der Waals surface area contributed by atoms with Gasteiger partial charge in [-0.2, -0.15) is 0 Å². The van der Waals surface area contributed by atoms with Crippen molar-refractivity contribution in [3.05, 3.63) is 34.9 Å². The van der Waals surface area contributed by atoms with Gasteiger partial charge in [0.05, 0.1) is 25.3 Å². The van der Waals surface area contributed by atoms with Crippen LogP contribution >= 0.6 is 24.0 Å². The van der Waals surface area contributed by atoms with Crippen LogP contribution in [0.25, 0.3) is 0 Å². The van der Waals surface area contributed by atoms with E-state index in [1.165, 1.54) is 0 Å². The van der Waals surface area contributed by atoms with E-state index in [1.54, 1.807) is 6.92 Å². The van der Waals surface area contributed by atoms with Crippen molar-refractivity contribution in [1.82, 2.24) is 10.2 Å². The number of ether oxygens (including phenoxy) is 1. The Kier molecular flexibility index (Phi) is 8.14. The Morgan fingerprint density at radius 1 is 1.45 bits per heavy atom. The first-order valence-electron chi connectivity index (χ1n) is 7.18. The highest BCUT2D eigenvalue weighted by Gasteiger charge is 2.23. The molecule has 0 aliphatic carbocycles. The van der Waals surface area contributed by atoms with E-state index < -0.39 is 6.04 Å². The van der Waals surface area contributed by atoms with Crippen LogP contribution in [0.5, 0.6) is 0 Å². The molecule has 1 aromatic rings. The highest BCUT2D eigenvalue weighted by atomic mass is 35.5. The van der Waals surface area contributed by atoms with Gasteiger partial charge in [0, 0.05) is 24.7 Å². The summed E-state index contributed by atoms with van der Waals surface area (Å²) in [4.78, 5) is 14.0. The molecule has 1 heterocycles. The first-order chi connectivity index (χ1) is 10.1. The molecule has 0 spiro atoms. The molecule has 1 amide bonds. The fraction of sp³-hybridized carbons (Fsp3) is 0.533. The van der Waals surface area contributed by atoms with E-state index in [-0.39, 0.29) is 24.4 Å². The lowest BCUT2D eigenvalue weighted by Gasteiger charge is -2.35. The fourth-order valence-corrected chi connectivity index (χ4v) is 2.62. The van der Waals surface area contributed by atoms with Crippen LogP contribution in [0.15, 0.2) is 24.3 Å². The third-order valence-corrected chi connectivity index (χ3v) is 3.84. The number of hydrogen-bond acceptors (Lipinski definition) is 4. The van der Waals surface area contributed by atoms with Crippen molar-refractivity contribution < 1.29 is 9.53 Å². The van der Waals surface area contributed by atoms with Crippen molar-refractivity contribution in [2.45, 2.75) is 19.0 Å². The van der Waals surface area contributed by atoms with E-state index in [0.29, 0.717) is 24.8 Å². The predicted molar refractivity (Wildman–Crippen MR) is 90.5 cm³/mol. The van der Waals surface area contributed by atoms with E-state index in [9.17, 15) is 4.79 Å². The quantitative estimate of drug-likeness (QED) is 0.848. The zero-order valence-corrected chi connectivity index (χ0v) is 14.2. The Morgan fingerprint density at radius 3 is 2.73 bits per heavy atom. The van der Waals surface area contributed by atoms with Crippen LogP contribution in [-0.2, 0) is 9.53 Å². The van der Waals surface area contributed by atoms with Crippen molar-refractivity contribution >= 4 is 29.9 Å². The van der Waals surface area contributed by atoms with Gasteiger partial charge in [-0.1, -0.05) is 23.7 Å². The first kappa shape index (κ1) is 19.2. The molecular weight excluding hydrogens is 325 g/mol. The van der Waals surface area contributed by atoms with Crippen LogP contribution in [-0.4, -0.2) is 49.7 Å². The fourth-order valence-electron chi connectivity index (χ4n) is 2.42. The number of nitrogens with zero attached hydrogens (tertiary/aromatic N) is 1. The second-order valence-electron chi connectivity index (χ2n) is 5.25. The van der Waals surface area contributed by atoms with Gasteiger partial charge in [0.2, 0.25) is 5.91 Å². The molecule has 124 valence electrons. The molecule has 2 rings (SSSR count). The Labute approximate surface area is 142 Å². The molecule has 1 saturated heterocycles. The van der Waals surface area contributed by atoms with Gasteiger partial charge in [0.1, 0.15) is 0 Å². The van der Waals surface area contributed by atoms with Crippen molar-refractivity contribution in [2.75, 3.05) is 32.8 Å². The number of morpholine rings is 1. The molecular formula is C15H23Cl2N3O2. The number of benzene rings is 1. The third kappa shape index (κ3) is 5.41. The van der Waals surface area contributed by atoms with Gasteiger partial charge in [0.25, 0.3) is 0 Å². The maximum atomic E-state index is 11.7. The van der Waals surface area contributed by atoms with Crippen LogP contribution < -0.4 is 11.1 Å². The van der Waals surface area contributed by atoms with Crippen LogP contribution in [0.4, 0.5) is 0 Å². The second-order valence-corrected chi connectivity index (χ2v) is 5.69. The first-order valence-corrected chi connectivity index (χ1v) is 7.56. The highest BCUT2D eigenvalue weighted by Crippen LogP contribution is 2.23. The Bertz CT molecular complexity index is 480. The Hall–Kier alpha value is -0.850. The molecule has 1 aliphatic heterocycles. The molecule has 1 aromatic carbocycles. The molecule has 5 nitrogen and oxygen atoms in total. The van der Waals surface area contributed by atoms with Crippen LogP contribution in [0, 0.1) is 0 Å². The average Bonchev–Trinajstić information content (AvgIpc) is 2.48. The van der Waals surface area contributed by atoms with Gasteiger partial charge in [-0.25, -0.2) is 0 Å². The van der Waals surface area contributed by atoms with Crippen molar-refractivity contribution in [2.24, 2.45) is 5.73 Å². The minimum atomic E-state index is -0.505.